The molecule has 0 bridgehead atoms. The van der Waals surface area contributed by atoms with Crippen molar-refractivity contribution in [2.45, 2.75) is 18.1 Å². The van der Waals surface area contributed by atoms with Crippen molar-refractivity contribution in [2.24, 2.45) is 5.92 Å². The largest absolute Gasteiger partial charge is 0.497 e. The third-order valence-electron chi connectivity index (χ3n) is 5.92. The Kier molecular flexibility index (Phi) is 5.02. The molecule has 6 nitrogen and oxygen atoms in total. The van der Waals surface area contributed by atoms with Crippen LogP contribution in [0.1, 0.15) is 23.2 Å². The molecule has 2 fully saturated rings. The number of rotatable bonds is 4. The van der Waals surface area contributed by atoms with Gasteiger partial charge in [-0.15, -0.1) is 0 Å². The molecule has 0 saturated carbocycles. The van der Waals surface area contributed by atoms with Gasteiger partial charge in [-0.1, -0.05) is 34.1 Å². The number of methoxy groups -OCH3 is 1. The van der Waals surface area contributed by atoms with E-state index in [0.717, 1.165) is 27.0 Å². The number of aromatic nitrogens is 1. The quantitative estimate of drug-likeness (QED) is 0.614. The first kappa shape index (κ1) is 19.2. The molecule has 3 heterocycles. The van der Waals surface area contributed by atoms with Gasteiger partial charge in [-0.3, -0.25) is 9.78 Å². The number of nitrogens with zero attached hydrogens (tertiary/aromatic N) is 2. The summed E-state index contributed by atoms with van der Waals surface area (Å²) in [7, 11) is 1.66. The number of hydrogen-bond acceptors (Lipinski definition) is 5. The van der Waals surface area contributed by atoms with E-state index in [2.05, 4.69) is 31.8 Å². The van der Waals surface area contributed by atoms with E-state index in [1.54, 1.807) is 13.3 Å². The van der Waals surface area contributed by atoms with Crippen molar-refractivity contribution in [3.63, 3.8) is 0 Å². The Balaban J connectivity index is 1.59. The number of anilines is 1. The fourth-order valence-electron chi connectivity index (χ4n) is 4.54. The van der Waals surface area contributed by atoms with E-state index < -0.39 is 0 Å². The first-order chi connectivity index (χ1) is 14.7. The number of hydrazine groups is 1. The minimum Gasteiger partial charge on any atom is -0.497 e. The zero-order valence-corrected chi connectivity index (χ0v) is 17.9. The number of halogens is 1. The summed E-state index contributed by atoms with van der Waals surface area (Å²) in [5.74, 6) is 0.863. The Hall–Kier alpha value is -2.74. The van der Waals surface area contributed by atoms with Gasteiger partial charge in [0.15, 0.2) is 0 Å². The van der Waals surface area contributed by atoms with E-state index in [1.807, 2.05) is 71.8 Å². The van der Waals surface area contributed by atoms with Crippen LogP contribution >= 0.6 is 15.9 Å². The zero-order valence-electron chi connectivity index (χ0n) is 16.3. The summed E-state index contributed by atoms with van der Waals surface area (Å²) >= 11 is 3.48. The lowest BCUT2D eigenvalue weighted by atomic mass is 9.84. The Morgan fingerprint density at radius 1 is 0.967 bits per heavy atom. The van der Waals surface area contributed by atoms with Gasteiger partial charge >= 0.3 is 0 Å². The van der Waals surface area contributed by atoms with E-state index in [1.165, 1.54) is 0 Å². The maximum atomic E-state index is 13.5. The molecule has 2 aliphatic heterocycles. The molecule has 2 saturated heterocycles. The predicted octanol–water partition coefficient (Wildman–Crippen LogP) is 3.77. The fraction of sp³-hybridized carbons (Fsp3) is 0.217. The number of carbonyl (C=O) groups excluding carboxylic acids is 1. The van der Waals surface area contributed by atoms with Crippen molar-refractivity contribution in [3.05, 3.63) is 88.7 Å². The molecule has 0 spiro atoms. The summed E-state index contributed by atoms with van der Waals surface area (Å²) in [6, 6.07) is 19.3. The van der Waals surface area contributed by atoms with Crippen LogP contribution in [0, 0.1) is 5.92 Å². The Morgan fingerprint density at radius 2 is 1.70 bits per heavy atom. The normalized spacial score (nSPS) is 25.4. The van der Waals surface area contributed by atoms with Gasteiger partial charge in [0.25, 0.3) is 0 Å². The molecule has 0 radical (unpaired) electrons. The number of fused-ring (bicyclic) bond motifs is 1. The second-order valence-electron chi connectivity index (χ2n) is 7.51. The average Bonchev–Trinajstić information content (AvgIpc) is 3.34. The first-order valence-electron chi connectivity index (χ1n) is 9.81. The Morgan fingerprint density at radius 3 is 2.37 bits per heavy atom. The number of pyridine rings is 1. The average molecular weight is 465 g/mol. The van der Waals surface area contributed by atoms with Crippen LogP contribution in [0.15, 0.2) is 77.5 Å². The standard InChI is InChI=1S/C23H21BrN4O2/c1-30-18-10-4-14(5-11-18)20-19-21(27-26-20)23(29)28(17-8-6-16(24)7-9-17)22(19)15-3-2-12-25-13-15/h2-13,19-22,26-27H,1H3. The molecular weight excluding hydrogens is 444 g/mol. The lowest BCUT2D eigenvalue weighted by Crippen LogP contribution is -2.41. The minimum absolute atomic E-state index is 0.00117. The highest BCUT2D eigenvalue weighted by Gasteiger charge is 2.56. The van der Waals surface area contributed by atoms with Crippen LogP contribution in [0.4, 0.5) is 5.69 Å². The molecule has 152 valence electrons. The van der Waals surface area contributed by atoms with Crippen LogP contribution in [0.5, 0.6) is 5.75 Å². The van der Waals surface area contributed by atoms with Crippen LogP contribution in [0.3, 0.4) is 0 Å². The molecule has 3 aromatic rings. The smallest absolute Gasteiger partial charge is 0.246 e. The van der Waals surface area contributed by atoms with Gasteiger partial charge in [0.2, 0.25) is 5.91 Å². The molecule has 2 aromatic carbocycles. The van der Waals surface area contributed by atoms with E-state index in [4.69, 9.17) is 4.74 Å². The van der Waals surface area contributed by atoms with Gasteiger partial charge in [0, 0.05) is 28.5 Å². The SMILES string of the molecule is COc1ccc(C2NNC3C(=O)N(c4ccc(Br)cc4)C(c4cccnc4)C32)cc1. The summed E-state index contributed by atoms with van der Waals surface area (Å²) in [6.45, 7) is 0. The molecule has 7 heteroatoms. The van der Waals surface area contributed by atoms with E-state index >= 15 is 0 Å². The van der Waals surface area contributed by atoms with Gasteiger partial charge in [-0.25, -0.2) is 10.9 Å². The molecule has 1 amide bonds. The summed E-state index contributed by atoms with van der Waals surface area (Å²) < 4.78 is 6.28. The van der Waals surface area contributed by atoms with Crippen molar-refractivity contribution in [1.29, 1.82) is 0 Å². The maximum absolute atomic E-state index is 13.5. The van der Waals surface area contributed by atoms with Crippen molar-refractivity contribution in [2.75, 3.05) is 12.0 Å². The third kappa shape index (κ3) is 3.19. The molecule has 1 aromatic heterocycles. The molecule has 5 rings (SSSR count). The minimum atomic E-state index is -0.328. The molecule has 2 N–H and O–H groups in total. The highest BCUT2D eigenvalue weighted by molar-refractivity contribution is 9.10. The Labute approximate surface area is 183 Å². The molecule has 30 heavy (non-hydrogen) atoms. The second kappa shape index (κ2) is 7.83. The van der Waals surface area contributed by atoms with Gasteiger partial charge in [0.05, 0.1) is 19.2 Å². The number of nitrogens with one attached hydrogen (secondary N) is 2. The van der Waals surface area contributed by atoms with E-state index in [9.17, 15) is 4.79 Å². The van der Waals surface area contributed by atoms with Crippen molar-refractivity contribution in [3.8, 4) is 5.75 Å². The number of benzene rings is 2. The molecule has 4 unspecified atom stereocenters. The summed E-state index contributed by atoms with van der Waals surface area (Å²) in [6.07, 6.45) is 3.61. The van der Waals surface area contributed by atoms with Crippen LogP contribution in [-0.4, -0.2) is 24.0 Å². The van der Waals surface area contributed by atoms with Gasteiger partial charge < -0.3 is 9.64 Å². The number of amides is 1. The zero-order chi connectivity index (χ0) is 20.7. The number of hydrogen-bond donors (Lipinski definition) is 2. The summed E-state index contributed by atoms with van der Waals surface area (Å²) in [5.41, 5.74) is 9.61. The van der Waals surface area contributed by atoms with Crippen LogP contribution in [0.2, 0.25) is 0 Å². The molecule has 4 atom stereocenters. The maximum Gasteiger partial charge on any atom is 0.246 e. The second-order valence-corrected chi connectivity index (χ2v) is 8.43. The molecular formula is C23H21BrN4O2. The van der Waals surface area contributed by atoms with Gasteiger partial charge in [-0.2, -0.15) is 0 Å². The lowest BCUT2D eigenvalue weighted by molar-refractivity contribution is -0.119. The van der Waals surface area contributed by atoms with Crippen LogP contribution in [0.25, 0.3) is 0 Å². The highest BCUT2D eigenvalue weighted by atomic mass is 79.9. The Bertz CT molecular complexity index is 1040. The predicted molar refractivity (Wildman–Crippen MR) is 118 cm³/mol. The third-order valence-corrected chi connectivity index (χ3v) is 6.44. The number of carbonyl (C=O) groups is 1. The molecule has 2 aliphatic rings. The van der Waals surface area contributed by atoms with Crippen LogP contribution in [-0.2, 0) is 4.79 Å². The monoisotopic (exact) mass is 464 g/mol. The lowest BCUT2D eigenvalue weighted by Gasteiger charge is -2.31. The van der Waals surface area contributed by atoms with E-state index in [-0.39, 0.29) is 30.0 Å². The van der Waals surface area contributed by atoms with Crippen LogP contribution < -0.4 is 20.5 Å². The van der Waals surface area contributed by atoms with Gasteiger partial charge in [0.1, 0.15) is 11.8 Å². The number of ether oxygens (including phenoxy) is 1. The summed E-state index contributed by atoms with van der Waals surface area (Å²) in [4.78, 5) is 19.7. The van der Waals surface area contributed by atoms with Crippen molar-refractivity contribution < 1.29 is 9.53 Å². The van der Waals surface area contributed by atoms with Crippen molar-refractivity contribution in [1.82, 2.24) is 15.8 Å². The summed E-state index contributed by atoms with van der Waals surface area (Å²) in [5, 5.41) is 0. The van der Waals surface area contributed by atoms with Gasteiger partial charge in [-0.05, 0) is 53.6 Å². The molecule has 0 aliphatic carbocycles. The first-order valence-corrected chi connectivity index (χ1v) is 10.6. The topological polar surface area (TPSA) is 66.5 Å². The highest BCUT2D eigenvalue weighted by Crippen LogP contribution is 2.48. The van der Waals surface area contributed by atoms with Crippen molar-refractivity contribution >= 4 is 27.5 Å². The van der Waals surface area contributed by atoms with E-state index in [0.29, 0.717) is 0 Å². The fourth-order valence-corrected chi connectivity index (χ4v) is 4.81.